The van der Waals surface area contributed by atoms with Gasteiger partial charge in [-0.15, -0.1) is 0 Å². The quantitative estimate of drug-likeness (QED) is 0.775. The Balaban J connectivity index is 2.22. The number of rotatable bonds is 5. The van der Waals surface area contributed by atoms with Crippen LogP contribution in [0, 0.1) is 6.92 Å². The van der Waals surface area contributed by atoms with Crippen molar-refractivity contribution in [3.63, 3.8) is 0 Å². The van der Waals surface area contributed by atoms with E-state index in [0.717, 1.165) is 16.7 Å². The molecule has 1 aromatic carbocycles. The molecule has 124 valence electrons. The number of hydrogen-bond acceptors (Lipinski definition) is 4. The van der Waals surface area contributed by atoms with Crippen LogP contribution in [-0.4, -0.2) is 24.4 Å². The summed E-state index contributed by atoms with van der Waals surface area (Å²) in [5, 5.41) is 3.05. The lowest BCUT2D eigenvalue weighted by molar-refractivity contribution is 0.587. The van der Waals surface area contributed by atoms with Crippen LogP contribution in [0.3, 0.4) is 0 Å². The molecule has 0 atom stereocenters. The van der Waals surface area contributed by atoms with Crippen LogP contribution in [0.5, 0.6) is 0 Å². The Morgan fingerprint density at radius 3 is 2.62 bits per heavy atom. The largest absolute Gasteiger partial charge is 0.316 e. The maximum Gasteiger partial charge on any atom is 0.268 e. The first-order valence-electron chi connectivity index (χ1n) is 7.61. The van der Waals surface area contributed by atoms with Crippen molar-refractivity contribution in [3.8, 4) is 11.3 Å². The van der Waals surface area contributed by atoms with Crippen LogP contribution in [-0.2, 0) is 16.6 Å². The van der Waals surface area contributed by atoms with E-state index in [1.165, 1.54) is 3.97 Å². The number of benzene rings is 1. The summed E-state index contributed by atoms with van der Waals surface area (Å²) >= 11 is 0. The summed E-state index contributed by atoms with van der Waals surface area (Å²) in [6.45, 7) is 2.39. The van der Waals surface area contributed by atoms with Gasteiger partial charge in [0.1, 0.15) is 0 Å². The normalized spacial score (nSPS) is 11.6. The van der Waals surface area contributed by atoms with Crippen molar-refractivity contribution in [1.29, 1.82) is 0 Å². The summed E-state index contributed by atoms with van der Waals surface area (Å²) in [6, 6.07) is 12.5. The van der Waals surface area contributed by atoms with Crippen molar-refractivity contribution >= 4 is 10.0 Å². The van der Waals surface area contributed by atoms with Gasteiger partial charge in [0.2, 0.25) is 0 Å². The molecule has 0 aliphatic rings. The Labute approximate surface area is 142 Å². The first-order chi connectivity index (χ1) is 11.5. The lowest BCUT2D eigenvalue weighted by Crippen LogP contribution is -2.14. The topological polar surface area (TPSA) is 64.0 Å². The van der Waals surface area contributed by atoms with E-state index >= 15 is 0 Å². The monoisotopic (exact) mass is 341 g/mol. The number of aryl methyl sites for hydroxylation is 1. The minimum atomic E-state index is -3.68. The highest BCUT2D eigenvalue weighted by Gasteiger charge is 2.23. The highest BCUT2D eigenvalue weighted by Crippen LogP contribution is 2.27. The zero-order chi connectivity index (χ0) is 17.2. The molecule has 0 spiro atoms. The smallest absolute Gasteiger partial charge is 0.268 e. The van der Waals surface area contributed by atoms with Crippen LogP contribution in [0.4, 0.5) is 0 Å². The molecule has 0 fully saturated rings. The molecule has 24 heavy (non-hydrogen) atoms. The third-order valence-corrected chi connectivity index (χ3v) is 5.65. The molecule has 2 heterocycles. The van der Waals surface area contributed by atoms with Crippen LogP contribution in [0.2, 0.25) is 0 Å². The molecule has 3 rings (SSSR count). The number of nitrogens with zero attached hydrogens (tertiary/aromatic N) is 2. The van der Waals surface area contributed by atoms with Gasteiger partial charge in [-0.1, -0.05) is 18.2 Å². The second-order valence-electron chi connectivity index (χ2n) is 5.57. The van der Waals surface area contributed by atoms with Gasteiger partial charge < -0.3 is 5.32 Å². The zero-order valence-corrected chi connectivity index (χ0v) is 14.4. The molecule has 5 nitrogen and oxygen atoms in total. The van der Waals surface area contributed by atoms with Crippen LogP contribution in [0.25, 0.3) is 11.3 Å². The van der Waals surface area contributed by atoms with Crippen molar-refractivity contribution in [1.82, 2.24) is 14.3 Å². The highest BCUT2D eigenvalue weighted by atomic mass is 32.2. The average molecular weight is 341 g/mol. The van der Waals surface area contributed by atoms with Gasteiger partial charge in [-0.05, 0) is 49.4 Å². The van der Waals surface area contributed by atoms with Crippen molar-refractivity contribution < 1.29 is 8.42 Å². The molecular formula is C18H19N3O2S. The summed E-state index contributed by atoms with van der Waals surface area (Å²) in [4.78, 5) is 4.41. The minimum absolute atomic E-state index is 0.307. The second kappa shape index (κ2) is 6.59. The summed E-state index contributed by atoms with van der Waals surface area (Å²) in [5.74, 6) is 0. The molecular weight excluding hydrogens is 322 g/mol. The Bertz CT molecular complexity index is 947. The zero-order valence-electron chi connectivity index (χ0n) is 13.6. The van der Waals surface area contributed by atoms with Gasteiger partial charge in [-0.3, -0.25) is 4.98 Å². The van der Waals surface area contributed by atoms with Crippen molar-refractivity contribution in [3.05, 3.63) is 72.2 Å². The van der Waals surface area contributed by atoms with E-state index in [-0.39, 0.29) is 0 Å². The van der Waals surface area contributed by atoms with E-state index in [9.17, 15) is 8.42 Å². The van der Waals surface area contributed by atoms with Crippen molar-refractivity contribution in [2.45, 2.75) is 18.4 Å². The van der Waals surface area contributed by atoms with Crippen molar-refractivity contribution in [2.75, 3.05) is 7.05 Å². The van der Waals surface area contributed by atoms with E-state index in [1.807, 2.05) is 25.2 Å². The third-order valence-electron chi connectivity index (χ3n) is 3.81. The Hall–Kier alpha value is -2.44. The molecule has 0 saturated heterocycles. The number of hydrogen-bond donors (Lipinski definition) is 1. The Morgan fingerprint density at radius 2 is 1.96 bits per heavy atom. The Kier molecular flexibility index (Phi) is 4.51. The van der Waals surface area contributed by atoms with E-state index in [0.29, 0.717) is 17.1 Å². The SMILES string of the molecule is CNCc1cc(-c2cccnc2)n(S(=O)(=O)c2ccccc2C)c1. The maximum absolute atomic E-state index is 13.2. The molecule has 2 aromatic heterocycles. The summed E-state index contributed by atoms with van der Waals surface area (Å²) < 4.78 is 27.7. The number of aromatic nitrogens is 2. The maximum atomic E-state index is 13.2. The van der Waals surface area contributed by atoms with E-state index in [1.54, 1.807) is 49.8 Å². The fourth-order valence-electron chi connectivity index (χ4n) is 2.67. The van der Waals surface area contributed by atoms with Crippen LogP contribution < -0.4 is 5.32 Å². The third kappa shape index (κ3) is 2.98. The predicted octanol–water partition coefficient (Wildman–Crippen LogP) is 2.81. The molecule has 1 N–H and O–H groups in total. The average Bonchev–Trinajstić information content (AvgIpc) is 3.01. The van der Waals surface area contributed by atoms with Gasteiger partial charge in [-0.2, -0.15) is 0 Å². The molecule has 0 amide bonds. The van der Waals surface area contributed by atoms with Crippen LogP contribution >= 0.6 is 0 Å². The molecule has 3 aromatic rings. The first-order valence-corrected chi connectivity index (χ1v) is 9.05. The fourth-order valence-corrected chi connectivity index (χ4v) is 4.30. The standard InChI is InChI=1S/C18H19N3O2S/c1-14-6-3-4-8-18(14)24(22,23)21-13-15(11-19-2)10-17(21)16-7-5-9-20-12-16/h3-10,12-13,19H,11H2,1-2H3. The molecule has 0 radical (unpaired) electrons. The number of pyridine rings is 1. The van der Waals surface area contributed by atoms with Crippen LogP contribution in [0.15, 0.2) is 66.0 Å². The van der Waals surface area contributed by atoms with Gasteiger partial charge in [0.15, 0.2) is 0 Å². The van der Waals surface area contributed by atoms with E-state index in [2.05, 4.69) is 10.3 Å². The minimum Gasteiger partial charge on any atom is -0.316 e. The second-order valence-corrected chi connectivity index (χ2v) is 7.36. The summed E-state index contributed by atoms with van der Waals surface area (Å²) in [7, 11) is -1.85. The number of nitrogens with one attached hydrogen (secondary N) is 1. The molecule has 0 saturated carbocycles. The highest BCUT2D eigenvalue weighted by molar-refractivity contribution is 7.90. The molecule has 6 heteroatoms. The summed E-state index contributed by atoms with van der Waals surface area (Å²) in [6.07, 6.45) is 5.00. The predicted molar refractivity (Wildman–Crippen MR) is 94.2 cm³/mol. The molecule has 0 bridgehead atoms. The molecule has 0 aliphatic carbocycles. The van der Waals surface area contributed by atoms with E-state index in [4.69, 9.17) is 0 Å². The molecule has 0 unspecified atom stereocenters. The van der Waals surface area contributed by atoms with Gasteiger partial charge >= 0.3 is 0 Å². The lowest BCUT2D eigenvalue weighted by atomic mass is 10.2. The van der Waals surface area contributed by atoms with Gasteiger partial charge in [0.25, 0.3) is 10.0 Å². The van der Waals surface area contributed by atoms with Crippen molar-refractivity contribution in [2.24, 2.45) is 0 Å². The van der Waals surface area contributed by atoms with Gasteiger partial charge in [-0.25, -0.2) is 12.4 Å². The van der Waals surface area contributed by atoms with Crippen LogP contribution in [0.1, 0.15) is 11.1 Å². The molecule has 0 aliphatic heterocycles. The fraction of sp³-hybridized carbons (Fsp3) is 0.167. The van der Waals surface area contributed by atoms with Gasteiger partial charge in [0, 0.05) is 30.7 Å². The first kappa shape index (κ1) is 16.4. The summed E-state index contributed by atoms with van der Waals surface area (Å²) in [5.41, 5.74) is 2.99. The van der Waals surface area contributed by atoms with Gasteiger partial charge in [0.05, 0.1) is 10.6 Å². The Morgan fingerprint density at radius 1 is 1.17 bits per heavy atom. The lowest BCUT2D eigenvalue weighted by Gasteiger charge is -2.12. The van der Waals surface area contributed by atoms with E-state index < -0.39 is 10.0 Å².